The molecular weight excluding hydrogens is 258 g/mol. The maximum absolute atomic E-state index is 13.3. The van der Waals surface area contributed by atoms with E-state index >= 15 is 0 Å². The number of halogens is 1. The summed E-state index contributed by atoms with van der Waals surface area (Å²) in [6.07, 6.45) is 3.65. The molecule has 0 spiro atoms. The second-order valence-corrected chi connectivity index (χ2v) is 6.64. The van der Waals surface area contributed by atoms with Gasteiger partial charge in [0.25, 0.3) is 0 Å². The fourth-order valence-electron chi connectivity index (χ4n) is 1.69. The molecule has 0 unspecified atom stereocenters. The van der Waals surface area contributed by atoms with Gasteiger partial charge in [0.05, 0.1) is 0 Å². The van der Waals surface area contributed by atoms with Gasteiger partial charge in [-0.05, 0) is 0 Å². The second-order valence-electron chi connectivity index (χ2n) is 3.49. The molecule has 1 fully saturated rings. The Morgan fingerprint density at radius 3 is 2.42 bits per heavy atom. The molecule has 0 N–H and O–H groups in total. The summed E-state index contributed by atoms with van der Waals surface area (Å²) in [5.41, 5.74) is 0.957. The monoisotopic (exact) mass is 270 g/mol. The van der Waals surface area contributed by atoms with E-state index in [0.29, 0.717) is 0 Å². The Bertz CT molecular complexity index is 292. The van der Waals surface area contributed by atoms with Crippen LogP contribution < -0.4 is 0 Å². The third-order valence-corrected chi connectivity index (χ3v) is 5.19. The molecule has 62 valence electrons. The number of hydrogen-bond donors (Lipinski definition) is 0. The van der Waals surface area contributed by atoms with Crippen LogP contribution in [0.3, 0.4) is 0 Å². The van der Waals surface area contributed by atoms with Crippen LogP contribution in [0.1, 0.15) is 24.8 Å². The molecular formula is C10H11FSn. The second kappa shape index (κ2) is 3.02. The van der Waals surface area contributed by atoms with Crippen LogP contribution in [0.4, 0.5) is 4.39 Å². The minimum atomic E-state index is -0.00944. The molecule has 1 aliphatic carbocycles. The van der Waals surface area contributed by atoms with Crippen molar-refractivity contribution in [2.24, 2.45) is 0 Å². The average Bonchev–Trinajstić information content (AvgIpc) is 2.01. The van der Waals surface area contributed by atoms with E-state index in [2.05, 4.69) is 0 Å². The molecule has 2 rings (SSSR count). The van der Waals surface area contributed by atoms with E-state index in [1.807, 2.05) is 12.1 Å². The summed E-state index contributed by atoms with van der Waals surface area (Å²) in [6.45, 7) is 0. The van der Waals surface area contributed by atoms with Crippen LogP contribution in [0.2, 0.25) is 0 Å². The van der Waals surface area contributed by atoms with Gasteiger partial charge in [-0.15, -0.1) is 0 Å². The molecule has 1 aliphatic rings. The minimum absolute atomic E-state index is 0.00944. The van der Waals surface area contributed by atoms with Crippen LogP contribution in [-0.4, -0.2) is 22.5 Å². The normalized spacial score (nSPS) is 20.2. The van der Waals surface area contributed by atoms with E-state index in [0.717, 1.165) is 28.1 Å². The van der Waals surface area contributed by atoms with Crippen molar-refractivity contribution < 1.29 is 4.39 Å². The fourth-order valence-corrected chi connectivity index (χ4v) is 3.53. The van der Waals surface area contributed by atoms with Crippen LogP contribution in [-0.2, 0) is 3.43 Å². The van der Waals surface area contributed by atoms with Gasteiger partial charge in [0, 0.05) is 0 Å². The molecule has 1 aromatic carbocycles. The topological polar surface area (TPSA) is 0 Å². The first-order chi connectivity index (χ1) is 5.72. The van der Waals surface area contributed by atoms with E-state index < -0.39 is 0 Å². The summed E-state index contributed by atoms with van der Waals surface area (Å²) in [5.74, 6) is -0.00944. The van der Waals surface area contributed by atoms with Crippen molar-refractivity contribution in [1.82, 2.24) is 0 Å². The SMILES string of the molecule is Fc1ccccc1[C]1([SnH])CCC1. The Morgan fingerprint density at radius 2 is 1.92 bits per heavy atom. The summed E-state index contributed by atoms with van der Waals surface area (Å²) in [6, 6.07) is 7.22. The summed E-state index contributed by atoms with van der Waals surface area (Å²) >= 11 is 1.15. The molecule has 0 bridgehead atoms. The van der Waals surface area contributed by atoms with Gasteiger partial charge >= 0.3 is 85.3 Å². The summed E-state index contributed by atoms with van der Waals surface area (Å²) in [5, 5.41) is 0. The Balaban J connectivity index is 2.39. The van der Waals surface area contributed by atoms with E-state index in [9.17, 15) is 4.39 Å². The van der Waals surface area contributed by atoms with E-state index in [1.165, 1.54) is 19.3 Å². The first-order valence-corrected chi connectivity index (χ1v) is 5.91. The van der Waals surface area contributed by atoms with Crippen molar-refractivity contribution >= 4 is 22.5 Å². The van der Waals surface area contributed by atoms with Crippen molar-refractivity contribution in [3.05, 3.63) is 35.6 Å². The molecule has 0 nitrogen and oxygen atoms in total. The molecule has 0 atom stereocenters. The number of rotatable bonds is 1. The molecule has 0 saturated heterocycles. The first-order valence-electron chi connectivity index (χ1n) is 4.26. The van der Waals surface area contributed by atoms with Crippen molar-refractivity contribution in [1.29, 1.82) is 0 Å². The van der Waals surface area contributed by atoms with Crippen LogP contribution >= 0.6 is 0 Å². The maximum atomic E-state index is 13.3. The molecule has 1 aromatic rings. The van der Waals surface area contributed by atoms with Gasteiger partial charge in [-0.2, -0.15) is 0 Å². The van der Waals surface area contributed by atoms with Crippen LogP contribution in [0.15, 0.2) is 24.3 Å². The summed E-state index contributed by atoms with van der Waals surface area (Å²) < 4.78 is 13.6. The Labute approximate surface area is 85.3 Å². The van der Waals surface area contributed by atoms with Crippen LogP contribution in [0.25, 0.3) is 0 Å². The van der Waals surface area contributed by atoms with Crippen LogP contribution in [0.5, 0.6) is 0 Å². The molecule has 0 aliphatic heterocycles. The standard InChI is InChI=1S/C10H10F.Sn.H/c11-10-7-2-1-6-9(10)8-4-3-5-8;;/h1-2,6-7H,3-5H2;;. The van der Waals surface area contributed by atoms with Gasteiger partial charge in [-0.25, -0.2) is 0 Å². The van der Waals surface area contributed by atoms with Gasteiger partial charge < -0.3 is 0 Å². The molecule has 2 heteroatoms. The third kappa shape index (κ3) is 1.28. The van der Waals surface area contributed by atoms with E-state index in [-0.39, 0.29) is 9.25 Å². The fraction of sp³-hybridized carbons (Fsp3) is 0.400. The molecule has 2 radical (unpaired) electrons. The van der Waals surface area contributed by atoms with Crippen molar-refractivity contribution in [2.75, 3.05) is 0 Å². The Morgan fingerprint density at radius 1 is 1.25 bits per heavy atom. The summed E-state index contributed by atoms with van der Waals surface area (Å²) in [4.78, 5) is 0. The van der Waals surface area contributed by atoms with Crippen molar-refractivity contribution in [3.8, 4) is 0 Å². The number of benzene rings is 1. The number of hydrogen-bond acceptors (Lipinski definition) is 0. The Kier molecular flexibility index (Phi) is 2.15. The molecule has 0 heterocycles. The first kappa shape index (κ1) is 8.54. The Hall–Kier alpha value is -0.0513. The van der Waals surface area contributed by atoms with Crippen molar-refractivity contribution in [2.45, 2.75) is 22.7 Å². The quantitative estimate of drug-likeness (QED) is 0.685. The molecule has 0 amide bonds. The van der Waals surface area contributed by atoms with Gasteiger partial charge in [0.2, 0.25) is 0 Å². The molecule has 12 heavy (non-hydrogen) atoms. The third-order valence-electron chi connectivity index (χ3n) is 2.66. The molecule has 1 saturated carbocycles. The van der Waals surface area contributed by atoms with Crippen LogP contribution in [0, 0.1) is 5.82 Å². The van der Waals surface area contributed by atoms with Gasteiger partial charge in [0.15, 0.2) is 0 Å². The van der Waals surface area contributed by atoms with Gasteiger partial charge in [-0.1, -0.05) is 0 Å². The predicted octanol–water partition coefficient (Wildman–Crippen LogP) is 2.11. The summed E-state index contributed by atoms with van der Waals surface area (Å²) in [7, 11) is 0. The predicted molar refractivity (Wildman–Crippen MR) is 49.1 cm³/mol. The average molecular weight is 269 g/mol. The zero-order chi connectivity index (χ0) is 8.60. The van der Waals surface area contributed by atoms with Gasteiger partial charge in [-0.3, -0.25) is 0 Å². The van der Waals surface area contributed by atoms with Gasteiger partial charge in [0.1, 0.15) is 0 Å². The van der Waals surface area contributed by atoms with E-state index in [4.69, 9.17) is 0 Å². The van der Waals surface area contributed by atoms with Crippen molar-refractivity contribution in [3.63, 3.8) is 0 Å². The van der Waals surface area contributed by atoms with E-state index in [1.54, 1.807) is 12.1 Å². The zero-order valence-electron chi connectivity index (χ0n) is 6.89. The molecule has 0 aromatic heterocycles. The zero-order valence-corrected chi connectivity index (χ0v) is 10.2.